The van der Waals surface area contributed by atoms with E-state index >= 15 is 0 Å². The second kappa shape index (κ2) is 12.3. The van der Waals surface area contributed by atoms with Crippen LogP contribution in [0.4, 0.5) is 10.5 Å². The number of amides is 3. The van der Waals surface area contributed by atoms with Crippen molar-refractivity contribution in [3.05, 3.63) is 106 Å². The van der Waals surface area contributed by atoms with Crippen molar-refractivity contribution < 1.29 is 23.9 Å². The average molecular weight is 567 g/mol. The number of imide groups is 1. The SMILES string of the molecule is CCOc1cc(/C=C2\SC(=O)N(Cc3cccc4ccccc34)C2=O)ccc1OCC(=O)Nc1cc(C)ccc1C. The first-order valence-electron chi connectivity index (χ1n) is 13.3. The van der Waals surface area contributed by atoms with Crippen LogP contribution in [0.2, 0.25) is 0 Å². The van der Waals surface area contributed by atoms with Gasteiger partial charge in [-0.2, -0.15) is 0 Å². The minimum absolute atomic E-state index is 0.195. The van der Waals surface area contributed by atoms with Crippen molar-refractivity contribution in [1.82, 2.24) is 4.90 Å². The van der Waals surface area contributed by atoms with Gasteiger partial charge < -0.3 is 14.8 Å². The summed E-state index contributed by atoms with van der Waals surface area (Å²) in [6.07, 6.45) is 1.67. The molecule has 1 N–H and O–H groups in total. The third kappa shape index (κ3) is 6.44. The first-order valence-corrected chi connectivity index (χ1v) is 14.1. The van der Waals surface area contributed by atoms with Crippen LogP contribution in [0.3, 0.4) is 0 Å². The molecule has 8 heteroatoms. The maximum Gasteiger partial charge on any atom is 0.293 e. The molecule has 1 saturated heterocycles. The Hall–Kier alpha value is -4.56. The first kappa shape index (κ1) is 28.0. The minimum Gasteiger partial charge on any atom is -0.490 e. The van der Waals surface area contributed by atoms with Gasteiger partial charge in [0.05, 0.1) is 18.1 Å². The summed E-state index contributed by atoms with van der Waals surface area (Å²) in [5.74, 6) is 0.222. The molecular formula is C33H30N2O5S. The number of benzene rings is 4. The lowest BCUT2D eigenvalue weighted by Gasteiger charge is -2.14. The van der Waals surface area contributed by atoms with Crippen LogP contribution in [0.1, 0.15) is 29.2 Å². The van der Waals surface area contributed by atoms with E-state index in [4.69, 9.17) is 9.47 Å². The molecule has 3 amide bonds. The van der Waals surface area contributed by atoms with Gasteiger partial charge in [0.1, 0.15) is 0 Å². The molecule has 4 aromatic carbocycles. The number of fused-ring (bicyclic) bond motifs is 1. The van der Waals surface area contributed by atoms with E-state index in [2.05, 4.69) is 5.32 Å². The Morgan fingerprint density at radius 3 is 2.56 bits per heavy atom. The second-order valence-corrected chi connectivity index (χ2v) is 10.7. The highest BCUT2D eigenvalue weighted by molar-refractivity contribution is 8.18. The van der Waals surface area contributed by atoms with Crippen molar-refractivity contribution in [2.24, 2.45) is 0 Å². The molecule has 7 nitrogen and oxygen atoms in total. The van der Waals surface area contributed by atoms with E-state index in [0.29, 0.717) is 28.6 Å². The van der Waals surface area contributed by atoms with Crippen molar-refractivity contribution in [2.75, 3.05) is 18.5 Å². The van der Waals surface area contributed by atoms with E-state index in [0.717, 1.165) is 44.9 Å². The van der Waals surface area contributed by atoms with Gasteiger partial charge in [0.2, 0.25) is 0 Å². The van der Waals surface area contributed by atoms with Gasteiger partial charge in [-0.1, -0.05) is 60.7 Å². The standard InChI is InChI=1S/C33H30N2O5S/c1-4-39-29-17-23(14-15-28(29)40-20-31(36)34-27-16-21(2)12-13-22(27)3)18-30-32(37)35(33(38)41-30)19-25-10-7-9-24-8-5-6-11-26(24)25/h5-18H,4,19-20H2,1-3H3,(H,34,36)/b30-18-. The van der Waals surface area contributed by atoms with Crippen LogP contribution >= 0.6 is 11.8 Å². The number of carbonyl (C=O) groups excluding carboxylic acids is 3. The number of hydrogen-bond acceptors (Lipinski definition) is 6. The number of hydrogen-bond donors (Lipinski definition) is 1. The van der Waals surface area contributed by atoms with Crippen LogP contribution in [0.5, 0.6) is 11.5 Å². The van der Waals surface area contributed by atoms with Crippen molar-refractivity contribution >= 4 is 51.4 Å². The summed E-state index contributed by atoms with van der Waals surface area (Å²) < 4.78 is 11.5. The Kier molecular flexibility index (Phi) is 8.40. The maximum absolute atomic E-state index is 13.2. The summed E-state index contributed by atoms with van der Waals surface area (Å²) in [7, 11) is 0. The van der Waals surface area contributed by atoms with E-state index in [1.165, 1.54) is 4.90 Å². The summed E-state index contributed by atoms with van der Waals surface area (Å²) in [5, 5.41) is 4.64. The van der Waals surface area contributed by atoms with Gasteiger partial charge in [0, 0.05) is 5.69 Å². The largest absolute Gasteiger partial charge is 0.490 e. The van der Waals surface area contributed by atoms with Crippen molar-refractivity contribution in [2.45, 2.75) is 27.3 Å². The van der Waals surface area contributed by atoms with Gasteiger partial charge in [-0.15, -0.1) is 0 Å². The summed E-state index contributed by atoms with van der Waals surface area (Å²) >= 11 is 0.915. The van der Waals surface area contributed by atoms with Crippen molar-refractivity contribution in [3.63, 3.8) is 0 Å². The molecule has 0 spiro atoms. The predicted molar refractivity (Wildman–Crippen MR) is 163 cm³/mol. The smallest absolute Gasteiger partial charge is 0.293 e. The third-order valence-electron chi connectivity index (χ3n) is 6.67. The van der Waals surface area contributed by atoms with Crippen molar-refractivity contribution in [1.29, 1.82) is 0 Å². The van der Waals surface area contributed by atoms with Crippen LogP contribution in [0, 0.1) is 13.8 Å². The molecule has 0 bridgehead atoms. The van der Waals surface area contributed by atoms with Gasteiger partial charge in [0.15, 0.2) is 18.1 Å². The number of carbonyl (C=O) groups is 3. The fraction of sp³-hybridized carbons (Fsp3) is 0.182. The predicted octanol–water partition coefficient (Wildman–Crippen LogP) is 7.11. The Labute approximate surface area is 243 Å². The molecule has 0 radical (unpaired) electrons. The molecule has 0 atom stereocenters. The number of thioether (sulfide) groups is 1. The minimum atomic E-state index is -0.339. The second-order valence-electron chi connectivity index (χ2n) is 9.70. The molecule has 208 valence electrons. The fourth-order valence-electron chi connectivity index (χ4n) is 4.59. The maximum atomic E-state index is 13.2. The summed E-state index contributed by atoms with van der Waals surface area (Å²) in [6, 6.07) is 24.8. The number of aryl methyl sites for hydroxylation is 2. The molecule has 0 aliphatic carbocycles. The highest BCUT2D eigenvalue weighted by Gasteiger charge is 2.35. The van der Waals surface area contributed by atoms with Crippen molar-refractivity contribution in [3.8, 4) is 11.5 Å². The van der Waals surface area contributed by atoms with E-state index in [-0.39, 0.29) is 30.2 Å². The lowest BCUT2D eigenvalue weighted by Crippen LogP contribution is -2.27. The Morgan fingerprint density at radius 2 is 1.73 bits per heavy atom. The molecule has 1 aliphatic rings. The van der Waals surface area contributed by atoms with Gasteiger partial charge in [0.25, 0.3) is 17.1 Å². The van der Waals surface area contributed by atoms with Gasteiger partial charge in [-0.05, 0) is 89.8 Å². The normalized spacial score (nSPS) is 14.1. The molecule has 1 heterocycles. The van der Waals surface area contributed by atoms with Gasteiger partial charge >= 0.3 is 0 Å². The summed E-state index contributed by atoms with van der Waals surface area (Å²) in [4.78, 5) is 40.2. The number of nitrogens with one attached hydrogen (secondary N) is 1. The molecule has 0 unspecified atom stereocenters. The zero-order chi connectivity index (χ0) is 28.9. The molecule has 1 fully saturated rings. The number of ether oxygens (including phenoxy) is 2. The highest BCUT2D eigenvalue weighted by Crippen LogP contribution is 2.36. The van der Waals surface area contributed by atoms with Crippen LogP contribution in [-0.4, -0.2) is 35.2 Å². The lowest BCUT2D eigenvalue weighted by molar-refractivity contribution is -0.123. The van der Waals surface area contributed by atoms with E-state index < -0.39 is 0 Å². The highest BCUT2D eigenvalue weighted by atomic mass is 32.2. The zero-order valence-corrected chi connectivity index (χ0v) is 23.9. The van der Waals surface area contributed by atoms with Gasteiger partial charge in [-0.25, -0.2) is 0 Å². The van der Waals surface area contributed by atoms with Crippen LogP contribution in [0.25, 0.3) is 16.8 Å². The Balaban J connectivity index is 1.29. The third-order valence-corrected chi connectivity index (χ3v) is 7.58. The number of nitrogens with zero attached hydrogens (tertiary/aromatic N) is 1. The zero-order valence-electron chi connectivity index (χ0n) is 23.1. The first-order chi connectivity index (χ1) is 19.8. The molecule has 5 rings (SSSR count). The van der Waals surface area contributed by atoms with Crippen LogP contribution in [0.15, 0.2) is 83.8 Å². The molecule has 41 heavy (non-hydrogen) atoms. The van der Waals surface area contributed by atoms with Crippen LogP contribution < -0.4 is 14.8 Å². The van der Waals surface area contributed by atoms with E-state index in [1.807, 2.05) is 81.4 Å². The fourth-order valence-corrected chi connectivity index (χ4v) is 5.43. The van der Waals surface area contributed by atoms with E-state index in [9.17, 15) is 14.4 Å². The lowest BCUT2D eigenvalue weighted by atomic mass is 10.0. The number of rotatable bonds is 9. The molecule has 1 aliphatic heterocycles. The molecule has 4 aromatic rings. The Bertz CT molecular complexity index is 1670. The summed E-state index contributed by atoms with van der Waals surface area (Å²) in [5.41, 5.74) is 4.34. The van der Waals surface area contributed by atoms with E-state index in [1.54, 1.807) is 24.3 Å². The average Bonchev–Trinajstić information content (AvgIpc) is 3.22. The molecule has 0 saturated carbocycles. The molecular weight excluding hydrogens is 536 g/mol. The quantitative estimate of drug-likeness (QED) is 0.217. The topological polar surface area (TPSA) is 84.9 Å². The number of anilines is 1. The van der Waals surface area contributed by atoms with Crippen LogP contribution in [-0.2, 0) is 16.1 Å². The summed E-state index contributed by atoms with van der Waals surface area (Å²) in [6.45, 7) is 6.13. The monoisotopic (exact) mass is 566 g/mol. The van der Waals surface area contributed by atoms with Gasteiger partial charge in [-0.3, -0.25) is 19.3 Å². The molecule has 0 aromatic heterocycles. The Morgan fingerprint density at radius 1 is 0.927 bits per heavy atom.